The fourth-order valence-electron chi connectivity index (χ4n) is 2.19. The van der Waals surface area contributed by atoms with Crippen molar-refractivity contribution in [3.05, 3.63) is 72.1 Å². The second-order valence-electron chi connectivity index (χ2n) is 5.13. The molecule has 0 aliphatic carbocycles. The van der Waals surface area contributed by atoms with E-state index in [1.54, 1.807) is 61.8 Å². The maximum absolute atomic E-state index is 12.0. The van der Waals surface area contributed by atoms with Crippen LogP contribution >= 0.6 is 0 Å². The number of aromatic nitrogens is 3. The summed E-state index contributed by atoms with van der Waals surface area (Å²) >= 11 is 0. The van der Waals surface area contributed by atoms with Gasteiger partial charge < -0.3 is 10.6 Å². The Morgan fingerprint density at radius 1 is 0.920 bits per heavy atom. The largest absolute Gasteiger partial charge is 0.355 e. The Labute approximate surface area is 144 Å². The molecule has 7 nitrogen and oxygen atoms in total. The first-order chi connectivity index (χ1) is 12.2. The van der Waals surface area contributed by atoms with E-state index in [4.69, 9.17) is 0 Å². The van der Waals surface area contributed by atoms with Crippen LogP contribution in [-0.2, 0) is 0 Å². The normalized spacial score (nSPS) is 10.1. The molecule has 7 heteroatoms. The van der Waals surface area contributed by atoms with Gasteiger partial charge in [-0.15, -0.1) is 10.2 Å². The van der Waals surface area contributed by atoms with Crippen LogP contribution in [0.25, 0.3) is 11.3 Å². The summed E-state index contributed by atoms with van der Waals surface area (Å²) in [7, 11) is 1.58. The molecule has 1 aromatic carbocycles. The molecule has 0 atom stereocenters. The van der Waals surface area contributed by atoms with Crippen LogP contribution in [0.15, 0.2) is 60.8 Å². The Bertz CT molecular complexity index is 895. The van der Waals surface area contributed by atoms with E-state index in [1.807, 2.05) is 6.07 Å². The number of anilines is 1. The first-order valence-corrected chi connectivity index (χ1v) is 7.56. The zero-order chi connectivity index (χ0) is 17.6. The number of carbonyl (C=O) groups excluding carboxylic acids is 2. The van der Waals surface area contributed by atoms with E-state index >= 15 is 0 Å². The zero-order valence-corrected chi connectivity index (χ0v) is 13.4. The van der Waals surface area contributed by atoms with Gasteiger partial charge in [-0.3, -0.25) is 14.6 Å². The predicted molar refractivity (Wildman–Crippen MR) is 93.0 cm³/mol. The van der Waals surface area contributed by atoms with Crippen LogP contribution in [0.4, 0.5) is 5.82 Å². The van der Waals surface area contributed by atoms with Crippen LogP contribution < -0.4 is 10.6 Å². The van der Waals surface area contributed by atoms with Gasteiger partial charge in [0.1, 0.15) is 5.69 Å². The van der Waals surface area contributed by atoms with Crippen LogP contribution in [0.3, 0.4) is 0 Å². The van der Waals surface area contributed by atoms with Gasteiger partial charge in [-0.05, 0) is 36.4 Å². The summed E-state index contributed by atoms with van der Waals surface area (Å²) in [6.45, 7) is 0. The molecule has 0 unspecified atom stereocenters. The predicted octanol–water partition coefficient (Wildman–Crippen LogP) is 2.15. The third-order valence-electron chi connectivity index (χ3n) is 3.45. The molecule has 0 saturated carbocycles. The summed E-state index contributed by atoms with van der Waals surface area (Å²) in [5.41, 5.74) is 2.19. The van der Waals surface area contributed by atoms with Crippen LogP contribution in [0.5, 0.6) is 0 Å². The van der Waals surface area contributed by atoms with Gasteiger partial charge in [0.05, 0.1) is 5.69 Å². The van der Waals surface area contributed by atoms with E-state index in [0.29, 0.717) is 22.8 Å². The molecule has 2 amide bonds. The maximum atomic E-state index is 12.0. The Kier molecular flexibility index (Phi) is 4.75. The molecule has 0 fully saturated rings. The lowest BCUT2D eigenvalue weighted by atomic mass is 10.1. The molecule has 0 aliphatic rings. The summed E-state index contributed by atoms with van der Waals surface area (Å²) in [5.74, 6) is -0.208. The minimum Gasteiger partial charge on any atom is -0.355 e. The molecular formula is C18H15N5O2. The molecule has 0 bridgehead atoms. The molecular weight excluding hydrogens is 318 g/mol. The number of hydrogen-bond acceptors (Lipinski definition) is 5. The summed E-state index contributed by atoms with van der Waals surface area (Å²) in [4.78, 5) is 27.7. The topological polar surface area (TPSA) is 96.9 Å². The lowest BCUT2D eigenvalue weighted by molar-refractivity contribution is 0.0962. The van der Waals surface area contributed by atoms with E-state index in [2.05, 4.69) is 25.8 Å². The molecule has 2 aromatic heterocycles. The third-order valence-corrected chi connectivity index (χ3v) is 3.45. The number of pyridine rings is 1. The fourth-order valence-corrected chi connectivity index (χ4v) is 2.19. The summed E-state index contributed by atoms with van der Waals surface area (Å²) in [6.07, 6.45) is 1.54. The summed E-state index contributed by atoms with van der Waals surface area (Å²) in [6, 6.07) is 15.5. The highest BCUT2D eigenvalue weighted by Gasteiger charge is 2.09. The van der Waals surface area contributed by atoms with Crippen LogP contribution in [0.1, 0.15) is 20.8 Å². The van der Waals surface area contributed by atoms with Gasteiger partial charge in [0.2, 0.25) is 0 Å². The molecule has 25 heavy (non-hydrogen) atoms. The SMILES string of the molecule is CNC(=O)c1cccc(-c2ccc(NC(=O)c3ccccn3)nn2)c1. The highest BCUT2D eigenvalue weighted by atomic mass is 16.2. The Hall–Kier alpha value is -3.61. The lowest BCUT2D eigenvalue weighted by Crippen LogP contribution is -2.17. The number of hydrogen-bond donors (Lipinski definition) is 2. The molecule has 0 aliphatic heterocycles. The first kappa shape index (κ1) is 16.3. The van der Waals surface area contributed by atoms with E-state index in [0.717, 1.165) is 5.56 Å². The summed E-state index contributed by atoms with van der Waals surface area (Å²) in [5, 5.41) is 13.3. The molecule has 0 saturated heterocycles. The molecule has 2 N–H and O–H groups in total. The van der Waals surface area contributed by atoms with E-state index in [1.165, 1.54) is 0 Å². The van der Waals surface area contributed by atoms with Gasteiger partial charge in [0.25, 0.3) is 11.8 Å². The standard InChI is InChI=1S/C18H15N5O2/c1-19-17(24)13-6-4-5-12(11-13)14-8-9-16(23-22-14)21-18(25)15-7-2-3-10-20-15/h2-11H,1H3,(H,19,24)(H,21,23,25). The second-order valence-corrected chi connectivity index (χ2v) is 5.13. The highest BCUT2D eigenvalue weighted by molar-refractivity contribution is 6.02. The van der Waals surface area contributed by atoms with Crippen LogP contribution in [0.2, 0.25) is 0 Å². The molecule has 3 rings (SSSR count). The number of nitrogens with zero attached hydrogens (tertiary/aromatic N) is 3. The van der Waals surface area contributed by atoms with Crippen LogP contribution in [0, 0.1) is 0 Å². The number of rotatable bonds is 4. The van der Waals surface area contributed by atoms with Crippen molar-refractivity contribution >= 4 is 17.6 Å². The highest BCUT2D eigenvalue weighted by Crippen LogP contribution is 2.18. The Morgan fingerprint density at radius 2 is 1.80 bits per heavy atom. The van der Waals surface area contributed by atoms with E-state index in [-0.39, 0.29) is 11.8 Å². The van der Waals surface area contributed by atoms with Gasteiger partial charge in [-0.2, -0.15) is 0 Å². The summed E-state index contributed by atoms with van der Waals surface area (Å²) < 4.78 is 0. The van der Waals surface area contributed by atoms with Crippen molar-refractivity contribution in [3.8, 4) is 11.3 Å². The van der Waals surface area contributed by atoms with E-state index in [9.17, 15) is 9.59 Å². The maximum Gasteiger partial charge on any atom is 0.275 e. The lowest BCUT2D eigenvalue weighted by Gasteiger charge is -2.06. The van der Waals surface area contributed by atoms with Crippen molar-refractivity contribution in [3.63, 3.8) is 0 Å². The molecule has 0 radical (unpaired) electrons. The van der Waals surface area contributed by atoms with Crippen molar-refractivity contribution in [1.82, 2.24) is 20.5 Å². The number of nitrogens with one attached hydrogen (secondary N) is 2. The molecule has 2 heterocycles. The first-order valence-electron chi connectivity index (χ1n) is 7.56. The van der Waals surface area contributed by atoms with Gasteiger partial charge in [0.15, 0.2) is 5.82 Å². The Balaban J connectivity index is 1.76. The van der Waals surface area contributed by atoms with E-state index < -0.39 is 0 Å². The van der Waals surface area contributed by atoms with Gasteiger partial charge >= 0.3 is 0 Å². The number of benzene rings is 1. The minimum absolute atomic E-state index is 0.172. The third kappa shape index (κ3) is 3.84. The minimum atomic E-state index is -0.357. The van der Waals surface area contributed by atoms with Crippen molar-refractivity contribution in [2.24, 2.45) is 0 Å². The van der Waals surface area contributed by atoms with Gasteiger partial charge in [-0.1, -0.05) is 18.2 Å². The smallest absolute Gasteiger partial charge is 0.275 e. The Morgan fingerprint density at radius 3 is 2.48 bits per heavy atom. The van der Waals surface area contributed by atoms with Crippen molar-refractivity contribution in [2.75, 3.05) is 12.4 Å². The van der Waals surface area contributed by atoms with Gasteiger partial charge in [-0.25, -0.2) is 0 Å². The molecule has 3 aromatic rings. The van der Waals surface area contributed by atoms with Crippen LogP contribution in [-0.4, -0.2) is 34.0 Å². The zero-order valence-electron chi connectivity index (χ0n) is 13.4. The average Bonchev–Trinajstić information content (AvgIpc) is 2.68. The molecule has 124 valence electrons. The fraction of sp³-hybridized carbons (Fsp3) is 0.0556. The number of amides is 2. The average molecular weight is 333 g/mol. The number of carbonyl (C=O) groups is 2. The second kappa shape index (κ2) is 7.31. The van der Waals surface area contributed by atoms with Crippen molar-refractivity contribution in [2.45, 2.75) is 0 Å². The monoisotopic (exact) mass is 333 g/mol. The quantitative estimate of drug-likeness (QED) is 0.762. The van der Waals surface area contributed by atoms with Crippen molar-refractivity contribution < 1.29 is 9.59 Å². The van der Waals surface area contributed by atoms with Gasteiger partial charge in [0, 0.05) is 24.4 Å². The molecule has 0 spiro atoms. The van der Waals surface area contributed by atoms with Crippen molar-refractivity contribution in [1.29, 1.82) is 0 Å².